The Balaban J connectivity index is 2.39. The van der Waals surface area contributed by atoms with Gasteiger partial charge in [-0.2, -0.15) is 5.26 Å². The molecule has 0 aromatic heterocycles. The summed E-state index contributed by atoms with van der Waals surface area (Å²) in [5.41, 5.74) is 6.86. The number of rotatable bonds is 4. The first-order chi connectivity index (χ1) is 14.4. The third-order valence-electron chi connectivity index (χ3n) is 4.70. The first-order valence-corrected chi connectivity index (χ1v) is 8.85. The number of nitrogens with two attached hydrogens (primary N) is 1. The maximum absolute atomic E-state index is 13.5. The molecule has 0 amide bonds. The van der Waals surface area contributed by atoms with Gasteiger partial charge in [0.1, 0.15) is 17.3 Å². The second-order valence-electron chi connectivity index (χ2n) is 6.31. The van der Waals surface area contributed by atoms with Crippen molar-refractivity contribution in [3.05, 3.63) is 88.6 Å². The van der Waals surface area contributed by atoms with Crippen LogP contribution in [0.1, 0.15) is 11.5 Å². The molecular weight excluding hydrogens is 389 g/mol. The van der Waals surface area contributed by atoms with E-state index in [-0.39, 0.29) is 22.7 Å². The fourth-order valence-electron chi connectivity index (χ4n) is 3.37. The minimum atomic E-state index is -1.04. The molecule has 0 radical (unpaired) electrons. The number of allylic oxidation sites excluding steroid dienone is 1. The van der Waals surface area contributed by atoms with E-state index in [1.165, 1.54) is 36.3 Å². The van der Waals surface area contributed by atoms with Crippen LogP contribution in [0.15, 0.2) is 77.3 Å². The second kappa shape index (κ2) is 8.49. The van der Waals surface area contributed by atoms with E-state index in [0.29, 0.717) is 11.3 Å². The molecule has 0 bridgehead atoms. The van der Waals surface area contributed by atoms with Crippen molar-refractivity contribution >= 4 is 17.6 Å². The Hall–Kier alpha value is -4.12. The Bertz CT molecular complexity index is 1090. The fraction of sp³-hybridized carbons (Fsp3) is 0.136. The van der Waals surface area contributed by atoms with Gasteiger partial charge in [-0.3, -0.25) is 4.90 Å². The van der Waals surface area contributed by atoms with Gasteiger partial charge < -0.3 is 15.2 Å². The molecule has 8 heteroatoms. The topological polar surface area (TPSA) is 106 Å². The van der Waals surface area contributed by atoms with Crippen molar-refractivity contribution in [3.8, 4) is 6.07 Å². The smallest absolute Gasteiger partial charge is 0.355 e. The van der Waals surface area contributed by atoms with Gasteiger partial charge in [0.15, 0.2) is 0 Å². The highest BCUT2D eigenvalue weighted by molar-refractivity contribution is 6.06. The standard InChI is InChI=1S/C22H18FN3O4/c1-29-21(27)18-17(13-8-10-14(23)11-9-13)16(12-24)20(25)26(19(18)22(28)30-2)15-6-4-3-5-7-15/h3-11,17H,25H2,1-2H3/t17-/m0/s1. The van der Waals surface area contributed by atoms with Gasteiger partial charge in [-0.05, 0) is 29.8 Å². The Morgan fingerprint density at radius 3 is 2.17 bits per heavy atom. The summed E-state index contributed by atoms with van der Waals surface area (Å²) in [5, 5.41) is 9.89. The van der Waals surface area contributed by atoms with Crippen molar-refractivity contribution in [1.29, 1.82) is 5.26 Å². The fourth-order valence-corrected chi connectivity index (χ4v) is 3.37. The number of ether oxygens (including phenoxy) is 2. The number of carbonyl (C=O) groups excluding carboxylic acids is 2. The molecule has 2 aromatic carbocycles. The summed E-state index contributed by atoms with van der Waals surface area (Å²) in [6.07, 6.45) is 0. The summed E-state index contributed by atoms with van der Waals surface area (Å²) in [5.74, 6) is -3.27. The predicted molar refractivity (Wildman–Crippen MR) is 106 cm³/mol. The average molecular weight is 407 g/mol. The van der Waals surface area contributed by atoms with Crippen molar-refractivity contribution in [1.82, 2.24) is 0 Å². The lowest BCUT2D eigenvalue weighted by atomic mass is 9.81. The van der Waals surface area contributed by atoms with Gasteiger partial charge in [-0.1, -0.05) is 30.3 Å². The van der Waals surface area contributed by atoms with Crippen molar-refractivity contribution in [2.75, 3.05) is 19.1 Å². The summed E-state index contributed by atoms with van der Waals surface area (Å²) in [6.45, 7) is 0. The zero-order valence-corrected chi connectivity index (χ0v) is 16.3. The van der Waals surface area contributed by atoms with E-state index in [1.807, 2.05) is 6.07 Å². The summed E-state index contributed by atoms with van der Waals surface area (Å²) in [7, 11) is 2.33. The summed E-state index contributed by atoms with van der Waals surface area (Å²) in [4.78, 5) is 26.9. The Kier molecular flexibility index (Phi) is 5.83. The van der Waals surface area contributed by atoms with Gasteiger partial charge in [-0.25, -0.2) is 14.0 Å². The SMILES string of the molecule is COC(=O)C1=C(C(=O)OC)N(c2ccccc2)C(N)=C(C#N)[C@@H]1c1ccc(F)cc1. The summed E-state index contributed by atoms with van der Waals surface area (Å²) >= 11 is 0. The molecule has 1 aliphatic rings. The normalized spacial score (nSPS) is 16.2. The lowest BCUT2D eigenvalue weighted by Crippen LogP contribution is -2.40. The Morgan fingerprint density at radius 2 is 1.63 bits per heavy atom. The number of anilines is 1. The average Bonchev–Trinajstić information content (AvgIpc) is 2.78. The summed E-state index contributed by atoms with van der Waals surface area (Å²) in [6, 6.07) is 15.8. The van der Waals surface area contributed by atoms with Crippen molar-refractivity contribution in [3.63, 3.8) is 0 Å². The van der Waals surface area contributed by atoms with Crippen LogP contribution in [-0.4, -0.2) is 26.2 Å². The van der Waals surface area contributed by atoms with Gasteiger partial charge in [0.25, 0.3) is 0 Å². The molecule has 2 aromatic rings. The first-order valence-electron chi connectivity index (χ1n) is 8.85. The van der Waals surface area contributed by atoms with E-state index in [2.05, 4.69) is 0 Å². The van der Waals surface area contributed by atoms with E-state index < -0.39 is 23.7 Å². The summed E-state index contributed by atoms with van der Waals surface area (Å²) < 4.78 is 23.3. The van der Waals surface area contributed by atoms with E-state index in [1.54, 1.807) is 30.3 Å². The van der Waals surface area contributed by atoms with Crippen LogP contribution in [0.3, 0.4) is 0 Å². The molecule has 1 aliphatic heterocycles. The number of benzene rings is 2. The zero-order chi connectivity index (χ0) is 21.8. The molecule has 7 nitrogen and oxygen atoms in total. The Labute approximate surface area is 172 Å². The number of nitrogens with zero attached hydrogens (tertiary/aromatic N) is 2. The number of halogens is 1. The highest BCUT2D eigenvalue weighted by Gasteiger charge is 2.42. The zero-order valence-electron chi connectivity index (χ0n) is 16.3. The number of para-hydroxylation sites is 1. The molecule has 0 saturated heterocycles. The number of hydrogen-bond donors (Lipinski definition) is 1. The quantitative estimate of drug-likeness (QED) is 0.777. The molecule has 30 heavy (non-hydrogen) atoms. The molecule has 0 aliphatic carbocycles. The molecule has 0 spiro atoms. The van der Waals surface area contributed by atoms with Gasteiger partial charge in [0.2, 0.25) is 0 Å². The first kappa shape index (κ1) is 20.6. The van der Waals surface area contributed by atoms with Crippen molar-refractivity contribution in [2.45, 2.75) is 5.92 Å². The van der Waals surface area contributed by atoms with Crippen LogP contribution in [0.2, 0.25) is 0 Å². The number of nitriles is 1. The Morgan fingerprint density at radius 1 is 1.03 bits per heavy atom. The maximum atomic E-state index is 13.5. The van der Waals surface area contributed by atoms with E-state index >= 15 is 0 Å². The van der Waals surface area contributed by atoms with E-state index in [9.17, 15) is 19.2 Å². The van der Waals surface area contributed by atoms with E-state index in [4.69, 9.17) is 15.2 Å². The maximum Gasteiger partial charge on any atom is 0.355 e. The molecule has 152 valence electrons. The predicted octanol–water partition coefficient (Wildman–Crippen LogP) is 2.72. The molecule has 1 atom stereocenters. The molecule has 0 fully saturated rings. The second-order valence-corrected chi connectivity index (χ2v) is 6.31. The third kappa shape index (κ3) is 3.49. The minimum Gasteiger partial charge on any atom is -0.466 e. The van der Waals surface area contributed by atoms with Crippen molar-refractivity contribution < 1.29 is 23.5 Å². The molecule has 3 rings (SSSR count). The van der Waals surface area contributed by atoms with Gasteiger partial charge >= 0.3 is 11.9 Å². The lowest BCUT2D eigenvalue weighted by molar-refractivity contribution is -0.139. The monoisotopic (exact) mass is 407 g/mol. The largest absolute Gasteiger partial charge is 0.466 e. The minimum absolute atomic E-state index is 0.0125. The van der Waals surface area contributed by atoms with Gasteiger partial charge in [-0.15, -0.1) is 0 Å². The molecule has 2 N–H and O–H groups in total. The third-order valence-corrected chi connectivity index (χ3v) is 4.70. The lowest BCUT2D eigenvalue weighted by Gasteiger charge is -2.35. The molecule has 0 saturated carbocycles. The highest BCUT2D eigenvalue weighted by Crippen LogP contribution is 2.43. The van der Waals surface area contributed by atoms with Crippen LogP contribution < -0.4 is 10.6 Å². The highest BCUT2D eigenvalue weighted by atomic mass is 19.1. The van der Waals surface area contributed by atoms with Crippen LogP contribution >= 0.6 is 0 Å². The number of hydrogen-bond acceptors (Lipinski definition) is 7. The van der Waals surface area contributed by atoms with Gasteiger partial charge in [0, 0.05) is 5.69 Å². The van der Waals surface area contributed by atoms with E-state index in [0.717, 1.165) is 7.11 Å². The van der Waals surface area contributed by atoms with Crippen molar-refractivity contribution in [2.24, 2.45) is 5.73 Å². The number of carbonyl (C=O) groups is 2. The van der Waals surface area contributed by atoms with Crippen LogP contribution in [0.25, 0.3) is 0 Å². The van der Waals surface area contributed by atoms with Crippen LogP contribution in [0.4, 0.5) is 10.1 Å². The number of esters is 2. The van der Waals surface area contributed by atoms with Crippen LogP contribution in [0.5, 0.6) is 0 Å². The van der Waals surface area contributed by atoms with Crippen LogP contribution in [-0.2, 0) is 19.1 Å². The van der Waals surface area contributed by atoms with Gasteiger partial charge in [0.05, 0.1) is 37.4 Å². The molecule has 1 heterocycles. The number of methoxy groups -OCH3 is 2. The van der Waals surface area contributed by atoms with Crippen LogP contribution in [0, 0.1) is 17.1 Å². The molecule has 0 unspecified atom stereocenters. The molecular formula is C22H18FN3O4.